The molecule has 0 bridgehead atoms. The second-order valence-electron chi connectivity index (χ2n) is 7.99. The highest BCUT2D eigenvalue weighted by atomic mass is 15.1. The largest absolute Gasteiger partial charge is 0.308 e. The summed E-state index contributed by atoms with van der Waals surface area (Å²) in [6, 6.07) is 6.44. The summed E-state index contributed by atoms with van der Waals surface area (Å²) in [4.78, 5) is 17.5. The molecule has 0 radical (unpaired) electrons. The van der Waals surface area contributed by atoms with Crippen molar-refractivity contribution in [1.82, 2.24) is 33.6 Å². The molecule has 1 aromatic carbocycles. The summed E-state index contributed by atoms with van der Waals surface area (Å²) < 4.78 is 6.57. The topological polar surface area (TPSA) is 66.3 Å². The standard InChI is InChI=1S/C26H23N7/c1-3-18-24(31-11-9-29-16-31)13-25(32-12-10-30-17-32)19(4-2)26(18)33-22-5-7-27-14-20(22)21-15-28-8-6-23(21)33/h5-17H,3-4H2,1-2H3. The minimum atomic E-state index is 0.872. The van der Waals surface area contributed by atoms with Crippen molar-refractivity contribution in [3.8, 4) is 17.1 Å². The number of aromatic nitrogens is 7. The summed E-state index contributed by atoms with van der Waals surface area (Å²) in [5.74, 6) is 0. The van der Waals surface area contributed by atoms with Crippen molar-refractivity contribution in [2.45, 2.75) is 26.7 Å². The van der Waals surface area contributed by atoms with Gasteiger partial charge in [-0.15, -0.1) is 0 Å². The van der Waals surface area contributed by atoms with Gasteiger partial charge in [0.15, 0.2) is 0 Å². The maximum absolute atomic E-state index is 4.41. The van der Waals surface area contributed by atoms with Gasteiger partial charge in [0.2, 0.25) is 0 Å². The monoisotopic (exact) mass is 433 g/mol. The molecule has 5 heterocycles. The molecule has 0 amide bonds. The minimum absolute atomic E-state index is 0.872. The van der Waals surface area contributed by atoms with Crippen LogP contribution in [0.25, 0.3) is 38.9 Å². The van der Waals surface area contributed by atoms with Gasteiger partial charge in [0.1, 0.15) is 0 Å². The fraction of sp³-hybridized carbons (Fsp3) is 0.154. The first-order valence-corrected chi connectivity index (χ1v) is 11.2. The lowest BCUT2D eigenvalue weighted by Gasteiger charge is -2.24. The van der Waals surface area contributed by atoms with Crippen LogP contribution in [0.15, 0.2) is 80.4 Å². The molecule has 7 heteroatoms. The van der Waals surface area contributed by atoms with Gasteiger partial charge in [0, 0.05) is 71.5 Å². The third-order valence-electron chi connectivity index (χ3n) is 6.33. The Hall–Kier alpha value is -4.26. The number of imidazole rings is 2. The van der Waals surface area contributed by atoms with E-state index in [0.29, 0.717) is 0 Å². The van der Waals surface area contributed by atoms with Crippen molar-refractivity contribution in [2.24, 2.45) is 0 Å². The van der Waals surface area contributed by atoms with E-state index >= 15 is 0 Å². The zero-order valence-corrected chi connectivity index (χ0v) is 18.6. The molecule has 7 nitrogen and oxygen atoms in total. The van der Waals surface area contributed by atoms with E-state index in [-0.39, 0.29) is 0 Å². The summed E-state index contributed by atoms with van der Waals surface area (Å²) in [6.07, 6.45) is 20.7. The molecule has 0 saturated carbocycles. The summed E-state index contributed by atoms with van der Waals surface area (Å²) in [6.45, 7) is 4.43. The predicted octanol–water partition coefficient (Wildman–Crippen LogP) is 5.07. The number of hydrogen-bond donors (Lipinski definition) is 0. The lowest BCUT2D eigenvalue weighted by Crippen LogP contribution is -2.12. The van der Waals surface area contributed by atoms with Crippen LogP contribution in [0.2, 0.25) is 0 Å². The Morgan fingerprint density at radius 1 is 0.667 bits per heavy atom. The molecule has 0 saturated heterocycles. The molecular formula is C26H23N7. The molecule has 0 atom stereocenters. The molecular weight excluding hydrogens is 410 g/mol. The predicted molar refractivity (Wildman–Crippen MR) is 129 cm³/mol. The number of nitrogens with zero attached hydrogens (tertiary/aromatic N) is 7. The van der Waals surface area contributed by atoms with E-state index in [4.69, 9.17) is 0 Å². The molecule has 33 heavy (non-hydrogen) atoms. The van der Waals surface area contributed by atoms with Gasteiger partial charge in [-0.2, -0.15) is 0 Å². The quantitative estimate of drug-likeness (QED) is 0.381. The molecule has 0 unspecified atom stereocenters. The number of pyridine rings is 2. The average molecular weight is 434 g/mol. The van der Waals surface area contributed by atoms with Crippen LogP contribution in [0, 0.1) is 0 Å². The Balaban J connectivity index is 1.83. The number of fused-ring (bicyclic) bond motifs is 3. The lowest BCUT2D eigenvalue weighted by molar-refractivity contribution is 0.926. The molecule has 162 valence electrons. The van der Waals surface area contributed by atoms with Crippen molar-refractivity contribution in [1.29, 1.82) is 0 Å². The van der Waals surface area contributed by atoms with Gasteiger partial charge in [-0.3, -0.25) is 9.97 Å². The third-order valence-corrected chi connectivity index (χ3v) is 6.33. The van der Waals surface area contributed by atoms with Gasteiger partial charge < -0.3 is 13.7 Å². The molecule has 0 aliphatic heterocycles. The van der Waals surface area contributed by atoms with Crippen LogP contribution in [0.3, 0.4) is 0 Å². The van der Waals surface area contributed by atoms with E-state index in [9.17, 15) is 0 Å². The van der Waals surface area contributed by atoms with E-state index in [1.807, 2.05) is 62.2 Å². The molecule has 0 spiro atoms. The lowest BCUT2D eigenvalue weighted by atomic mass is 9.97. The Morgan fingerprint density at radius 3 is 1.61 bits per heavy atom. The van der Waals surface area contributed by atoms with Crippen LogP contribution in [-0.2, 0) is 12.8 Å². The first-order chi connectivity index (χ1) is 16.3. The molecule has 0 aliphatic carbocycles. The molecule has 5 aromatic heterocycles. The van der Waals surface area contributed by atoms with E-state index in [2.05, 4.69) is 65.7 Å². The summed E-state index contributed by atoms with van der Waals surface area (Å²) in [7, 11) is 0. The maximum atomic E-state index is 4.41. The van der Waals surface area contributed by atoms with E-state index in [1.165, 1.54) is 16.8 Å². The maximum Gasteiger partial charge on any atom is 0.0991 e. The summed E-state index contributed by atoms with van der Waals surface area (Å²) in [5, 5.41) is 2.20. The normalized spacial score (nSPS) is 11.6. The fourth-order valence-corrected chi connectivity index (χ4v) is 4.91. The highest BCUT2D eigenvalue weighted by molar-refractivity contribution is 6.08. The van der Waals surface area contributed by atoms with Crippen LogP contribution in [0.4, 0.5) is 0 Å². The van der Waals surface area contributed by atoms with Gasteiger partial charge in [-0.1, -0.05) is 13.8 Å². The Labute approximate surface area is 191 Å². The fourth-order valence-electron chi connectivity index (χ4n) is 4.91. The third kappa shape index (κ3) is 2.89. The van der Waals surface area contributed by atoms with Gasteiger partial charge in [-0.05, 0) is 31.0 Å². The molecule has 6 aromatic rings. The van der Waals surface area contributed by atoms with E-state index in [0.717, 1.165) is 46.0 Å². The highest BCUT2D eigenvalue weighted by Gasteiger charge is 2.23. The molecule has 0 aliphatic rings. The molecule has 0 N–H and O–H groups in total. The van der Waals surface area contributed by atoms with Crippen LogP contribution in [-0.4, -0.2) is 33.6 Å². The number of rotatable bonds is 5. The Morgan fingerprint density at radius 2 is 1.18 bits per heavy atom. The minimum Gasteiger partial charge on any atom is -0.308 e. The average Bonchev–Trinajstić information content (AvgIpc) is 3.63. The first kappa shape index (κ1) is 19.4. The smallest absolute Gasteiger partial charge is 0.0991 e. The zero-order chi connectivity index (χ0) is 22.4. The van der Waals surface area contributed by atoms with Gasteiger partial charge >= 0.3 is 0 Å². The van der Waals surface area contributed by atoms with Crippen LogP contribution < -0.4 is 0 Å². The van der Waals surface area contributed by atoms with Gasteiger partial charge in [0.25, 0.3) is 0 Å². The van der Waals surface area contributed by atoms with E-state index < -0.39 is 0 Å². The molecule has 0 fully saturated rings. The SMILES string of the molecule is CCc1c(-n2ccnc2)cc(-n2ccnc2)c(CC)c1-n1c2ccncc2c2cnccc21. The van der Waals surface area contributed by atoms with Crippen LogP contribution in [0.5, 0.6) is 0 Å². The summed E-state index contributed by atoms with van der Waals surface area (Å²) >= 11 is 0. The Bertz CT molecular complexity index is 1460. The van der Waals surface area contributed by atoms with Crippen LogP contribution in [0.1, 0.15) is 25.0 Å². The van der Waals surface area contributed by atoms with Crippen molar-refractivity contribution >= 4 is 21.8 Å². The van der Waals surface area contributed by atoms with Crippen molar-refractivity contribution in [3.63, 3.8) is 0 Å². The van der Waals surface area contributed by atoms with Crippen molar-refractivity contribution in [2.75, 3.05) is 0 Å². The van der Waals surface area contributed by atoms with Gasteiger partial charge in [0.05, 0.1) is 40.8 Å². The summed E-state index contributed by atoms with van der Waals surface area (Å²) in [5.41, 5.74) is 8.20. The number of hydrogen-bond acceptors (Lipinski definition) is 4. The second-order valence-corrected chi connectivity index (χ2v) is 7.99. The highest BCUT2D eigenvalue weighted by Crippen LogP contribution is 2.38. The van der Waals surface area contributed by atoms with E-state index in [1.54, 1.807) is 0 Å². The van der Waals surface area contributed by atoms with Crippen molar-refractivity contribution in [3.05, 3.63) is 91.6 Å². The van der Waals surface area contributed by atoms with Gasteiger partial charge in [-0.25, -0.2) is 9.97 Å². The first-order valence-electron chi connectivity index (χ1n) is 11.2. The second kappa shape index (κ2) is 7.70. The van der Waals surface area contributed by atoms with Crippen LogP contribution >= 0.6 is 0 Å². The van der Waals surface area contributed by atoms with Crippen molar-refractivity contribution < 1.29 is 0 Å². The Kier molecular flexibility index (Phi) is 4.54. The molecule has 6 rings (SSSR count). The number of benzene rings is 1. The zero-order valence-electron chi connectivity index (χ0n) is 18.6.